The van der Waals surface area contributed by atoms with Crippen LogP contribution >= 0.6 is 7.82 Å². The van der Waals surface area contributed by atoms with E-state index in [-0.39, 0.29) is 19.4 Å². The summed E-state index contributed by atoms with van der Waals surface area (Å²) in [6, 6.07) is -1.53. The summed E-state index contributed by atoms with van der Waals surface area (Å²) in [5.74, 6) is -2.47. The third-order valence-electron chi connectivity index (χ3n) is 7.99. The zero-order chi connectivity index (χ0) is 39.3. The largest absolute Gasteiger partial charge is 0.480 e. The molecule has 0 aliphatic rings. The van der Waals surface area contributed by atoms with Crippen LogP contribution in [0.2, 0.25) is 0 Å². The van der Waals surface area contributed by atoms with Gasteiger partial charge in [-0.15, -0.1) is 0 Å². The molecule has 0 bridgehead atoms. The molecule has 0 radical (unpaired) electrons. The van der Waals surface area contributed by atoms with Crippen LogP contribution in [0.5, 0.6) is 0 Å². The second-order valence-corrected chi connectivity index (χ2v) is 14.5. The monoisotopic (exact) mass is 767 g/mol. The minimum Gasteiger partial charge on any atom is -0.480 e. The van der Waals surface area contributed by atoms with E-state index in [4.69, 9.17) is 24.8 Å². The predicted molar refractivity (Wildman–Crippen MR) is 212 cm³/mol. The Balaban J connectivity index is 4.55. The Kier molecular flexibility index (Phi) is 34.2. The molecule has 304 valence electrons. The number of hydrogen-bond acceptors (Lipinski definition) is 9. The first-order chi connectivity index (χ1) is 25.6. The van der Waals surface area contributed by atoms with E-state index in [1.165, 1.54) is 38.5 Å². The minimum absolute atomic E-state index is 0.0812. The van der Waals surface area contributed by atoms with Crippen LogP contribution < -0.4 is 5.73 Å². The Bertz CT molecular complexity index is 1130. The number of esters is 2. The van der Waals surface area contributed by atoms with Crippen molar-refractivity contribution in [3.63, 3.8) is 0 Å². The van der Waals surface area contributed by atoms with Crippen LogP contribution in [-0.4, -0.2) is 59.9 Å². The molecule has 53 heavy (non-hydrogen) atoms. The van der Waals surface area contributed by atoms with Crippen molar-refractivity contribution in [2.45, 2.75) is 161 Å². The lowest BCUT2D eigenvalue weighted by Crippen LogP contribution is -2.34. The first-order valence-electron chi connectivity index (χ1n) is 19.8. The highest BCUT2D eigenvalue weighted by molar-refractivity contribution is 7.47. The molecule has 11 nitrogen and oxygen atoms in total. The number of carbonyl (C=O) groups excluding carboxylic acids is 2. The molecule has 1 unspecified atom stereocenters. The molecular weight excluding hydrogens is 697 g/mol. The second-order valence-electron chi connectivity index (χ2n) is 13.1. The third kappa shape index (κ3) is 36.0. The molecule has 0 amide bonds. The fourth-order valence-electron chi connectivity index (χ4n) is 4.81. The molecule has 0 aromatic rings. The molecule has 0 aliphatic carbocycles. The average molecular weight is 768 g/mol. The summed E-state index contributed by atoms with van der Waals surface area (Å²) < 4.78 is 32.5. The van der Waals surface area contributed by atoms with Crippen LogP contribution in [0.3, 0.4) is 0 Å². The quantitative estimate of drug-likeness (QED) is 0.0240. The van der Waals surface area contributed by atoms with E-state index in [1.807, 2.05) is 12.2 Å². The SMILES string of the molecule is CCCCC/C=C\C/C=C\C/C=C\C/C=C\CCCC(=O)O[C@H](COC(=O)CCCCCCC/C=C\CCCCC)COP(=O)(O)OC[C@H](N)C(=O)O. The number of ether oxygens (including phenoxy) is 2. The van der Waals surface area contributed by atoms with E-state index in [0.29, 0.717) is 19.3 Å². The number of nitrogens with two attached hydrogens (primary N) is 1. The lowest BCUT2D eigenvalue weighted by atomic mass is 10.1. The van der Waals surface area contributed by atoms with Crippen LogP contribution in [0.15, 0.2) is 60.8 Å². The highest BCUT2D eigenvalue weighted by Gasteiger charge is 2.28. The van der Waals surface area contributed by atoms with Crippen molar-refractivity contribution in [3.8, 4) is 0 Å². The zero-order valence-corrected chi connectivity index (χ0v) is 33.5. The normalized spacial score (nSPS) is 14.5. The first-order valence-corrected chi connectivity index (χ1v) is 21.3. The molecule has 3 atom stereocenters. The number of aliphatic carboxylic acids is 1. The Labute approximate surface area is 319 Å². The van der Waals surface area contributed by atoms with Crippen LogP contribution in [0.4, 0.5) is 0 Å². The molecule has 0 heterocycles. The summed E-state index contributed by atoms with van der Waals surface area (Å²) in [5.41, 5.74) is 5.31. The molecule has 0 aromatic carbocycles. The van der Waals surface area contributed by atoms with E-state index in [2.05, 4.69) is 67.0 Å². The van der Waals surface area contributed by atoms with Crippen molar-refractivity contribution in [2.75, 3.05) is 19.8 Å². The van der Waals surface area contributed by atoms with Crippen molar-refractivity contribution < 1.29 is 47.5 Å². The summed E-state index contributed by atoms with van der Waals surface area (Å²) in [7, 11) is -4.73. The topological polar surface area (TPSA) is 172 Å². The highest BCUT2D eigenvalue weighted by Crippen LogP contribution is 2.43. The lowest BCUT2D eigenvalue weighted by Gasteiger charge is -2.20. The van der Waals surface area contributed by atoms with Crippen LogP contribution in [0.1, 0.15) is 149 Å². The van der Waals surface area contributed by atoms with Gasteiger partial charge in [0.15, 0.2) is 6.10 Å². The van der Waals surface area contributed by atoms with Gasteiger partial charge in [-0.05, 0) is 77.0 Å². The third-order valence-corrected chi connectivity index (χ3v) is 8.94. The standard InChI is InChI=1S/C41H70NO10P/c1-3-5-7-9-11-13-15-17-18-19-20-21-23-25-27-29-31-33-40(44)52-37(35-50-53(47,48)51-36-38(42)41(45)46)34-49-39(43)32-30-28-26-24-22-16-14-12-10-8-6-4-2/h11-14,17-18,20-21,25,27,37-38H,3-10,15-16,19,22-24,26,28-36,42H2,1-2H3,(H,45,46)(H,47,48)/b13-11-,14-12-,18-17-,21-20-,27-25-/t37-,38+/m1/s1. The molecular formula is C41H70NO10P. The number of rotatable bonds is 36. The Hall–Kier alpha value is -2.82. The van der Waals surface area contributed by atoms with Crippen molar-refractivity contribution in [2.24, 2.45) is 5.73 Å². The van der Waals surface area contributed by atoms with Crippen LogP contribution in [0, 0.1) is 0 Å². The highest BCUT2D eigenvalue weighted by atomic mass is 31.2. The molecule has 12 heteroatoms. The maximum atomic E-state index is 12.6. The zero-order valence-electron chi connectivity index (χ0n) is 32.6. The van der Waals surface area contributed by atoms with E-state index in [0.717, 1.165) is 64.2 Å². The van der Waals surface area contributed by atoms with Crippen molar-refractivity contribution in [3.05, 3.63) is 60.8 Å². The van der Waals surface area contributed by atoms with Gasteiger partial charge in [0.25, 0.3) is 0 Å². The lowest BCUT2D eigenvalue weighted by molar-refractivity contribution is -0.161. The van der Waals surface area contributed by atoms with Crippen LogP contribution in [-0.2, 0) is 37.5 Å². The van der Waals surface area contributed by atoms with Gasteiger partial charge in [-0.2, -0.15) is 0 Å². The van der Waals surface area contributed by atoms with Crippen molar-refractivity contribution >= 4 is 25.7 Å². The van der Waals surface area contributed by atoms with Crippen molar-refractivity contribution in [1.29, 1.82) is 0 Å². The number of hydrogen-bond donors (Lipinski definition) is 3. The van der Waals surface area contributed by atoms with E-state index < -0.39 is 51.1 Å². The number of carbonyl (C=O) groups is 3. The molecule has 0 aliphatic heterocycles. The van der Waals surface area contributed by atoms with E-state index in [1.54, 1.807) is 0 Å². The molecule has 0 fully saturated rings. The number of phosphoric acid groups is 1. The molecule has 4 N–H and O–H groups in total. The maximum absolute atomic E-state index is 12.6. The van der Waals surface area contributed by atoms with Gasteiger partial charge in [0, 0.05) is 12.8 Å². The molecule has 0 rings (SSSR count). The van der Waals surface area contributed by atoms with Gasteiger partial charge in [-0.25, -0.2) is 4.57 Å². The Morgan fingerprint density at radius 1 is 0.585 bits per heavy atom. The van der Waals surface area contributed by atoms with Crippen molar-refractivity contribution in [1.82, 2.24) is 0 Å². The van der Waals surface area contributed by atoms with Gasteiger partial charge in [0.2, 0.25) is 0 Å². The number of carboxylic acid groups (broad SMARTS) is 1. The van der Waals surface area contributed by atoms with E-state index in [9.17, 15) is 23.8 Å². The van der Waals surface area contributed by atoms with E-state index >= 15 is 0 Å². The fraction of sp³-hybridized carbons (Fsp3) is 0.683. The predicted octanol–water partition coefficient (Wildman–Crippen LogP) is 10.00. The molecule has 0 spiro atoms. The van der Waals surface area contributed by atoms with Gasteiger partial charge in [0.1, 0.15) is 12.6 Å². The van der Waals surface area contributed by atoms with Gasteiger partial charge in [-0.3, -0.25) is 23.4 Å². The summed E-state index contributed by atoms with van der Waals surface area (Å²) in [6.45, 7) is 2.66. The van der Waals surface area contributed by atoms with Gasteiger partial charge < -0.3 is 25.2 Å². The van der Waals surface area contributed by atoms with Gasteiger partial charge >= 0.3 is 25.7 Å². The molecule has 0 saturated carbocycles. The number of phosphoric ester groups is 1. The first kappa shape index (κ1) is 50.2. The number of carboxylic acids is 1. The summed E-state index contributed by atoms with van der Waals surface area (Å²) in [4.78, 5) is 45.8. The number of allylic oxidation sites excluding steroid dienone is 10. The molecule has 0 aromatic heterocycles. The summed E-state index contributed by atoms with van der Waals surface area (Å²) >= 11 is 0. The van der Waals surface area contributed by atoms with Gasteiger partial charge in [-0.1, -0.05) is 120 Å². The smallest absolute Gasteiger partial charge is 0.472 e. The minimum atomic E-state index is -4.73. The number of unbranched alkanes of at least 4 members (excludes halogenated alkanes) is 12. The second kappa shape index (κ2) is 36.2. The Morgan fingerprint density at radius 3 is 1.57 bits per heavy atom. The average Bonchev–Trinajstić information content (AvgIpc) is 3.13. The van der Waals surface area contributed by atoms with Gasteiger partial charge in [0.05, 0.1) is 13.2 Å². The van der Waals surface area contributed by atoms with Crippen LogP contribution in [0.25, 0.3) is 0 Å². The summed E-state index contributed by atoms with van der Waals surface area (Å²) in [6.07, 6.45) is 40.1. The fourth-order valence-corrected chi connectivity index (χ4v) is 5.59. The Morgan fingerprint density at radius 2 is 1.02 bits per heavy atom. The maximum Gasteiger partial charge on any atom is 0.472 e. The molecule has 0 saturated heterocycles. The summed E-state index contributed by atoms with van der Waals surface area (Å²) in [5, 5.41) is 8.86.